The molecule has 4 rings (SSSR count). The van der Waals surface area contributed by atoms with Crippen molar-refractivity contribution in [3.63, 3.8) is 0 Å². The fourth-order valence-corrected chi connectivity index (χ4v) is 3.99. The number of hydrogen-bond acceptors (Lipinski definition) is 3. The third kappa shape index (κ3) is 5.00. The van der Waals surface area contributed by atoms with Gasteiger partial charge in [0.25, 0.3) is 5.91 Å². The Labute approximate surface area is 205 Å². The number of amides is 1. The molecule has 0 saturated carbocycles. The first kappa shape index (κ1) is 23.6. The van der Waals surface area contributed by atoms with Gasteiger partial charge in [0.1, 0.15) is 5.75 Å². The van der Waals surface area contributed by atoms with Crippen LogP contribution in [0.3, 0.4) is 0 Å². The minimum Gasteiger partial charge on any atom is -0.439 e. The van der Waals surface area contributed by atoms with Crippen LogP contribution in [0, 0.1) is 6.92 Å². The van der Waals surface area contributed by atoms with E-state index >= 15 is 0 Å². The first-order chi connectivity index (χ1) is 16.5. The predicted molar refractivity (Wildman–Crippen MR) is 136 cm³/mol. The van der Waals surface area contributed by atoms with Gasteiger partial charge in [-0.05, 0) is 56.7 Å². The first-order valence-electron chi connectivity index (χ1n) is 11.4. The third-order valence-electron chi connectivity index (χ3n) is 5.91. The van der Waals surface area contributed by atoms with Crippen molar-refractivity contribution in [1.29, 1.82) is 0 Å². The zero-order valence-corrected chi connectivity index (χ0v) is 20.4. The maximum Gasteiger partial charge on any atom is 0.255 e. The Morgan fingerprint density at radius 1 is 1.00 bits per heavy atom. The van der Waals surface area contributed by atoms with Gasteiger partial charge in [-0.15, -0.1) is 0 Å². The molecule has 4 aromatic rings. The topological polar surface area (TPSA) is 47.4 Å². The van der Waals surface area contributed by atoms with E-state index in [1.807, 2.05) is 91.5 Å². The van der Waals surface area contributed by atoms with E-state index in [2.05, 4.69) is 6.92 Å². The van der Waals surface area contributed by atoms with E-state index in [-0.39, 0.29) is 11.9 Å². The summed E-state index contributed by atoms with van der Waals surface area (Å²) in [5.41, 5.74) is 3.03. The van der Waals surface area contributed by atoms with E-state index in [0.717, 1.165) is 23.4 Å². The summed E-state index contributed by atoms with van der Waals surface area (Å²) in [7, 11) is 0. The van der Waals surface area contributed by atoms with Crippen molar-refractivity contribution < 1.29 is 9.53 Å². The summed E-state index contributed by atoms with van der Waals surface area (Å²) in [5, 5.41) is 5.24. The number of rotatable bonds is 8. The van der Waals surface area contributed by atoms with Crippen molar-refractivity contribution in [2.45, 2.75) is 39.8 Å². The summed E-state index contributed by atoms with van der Waals surface area (Å²) in [6.45, 7) is 6.41. The highest BCUT2D eigenvalue weighted by Gasteiger charge is 2.27. The zero-order valence-electron chi connectivity index (χ0n) is 19.6. The average molecular weight is 474 g/mol. The van der Waals surface area contributed by atoms with Crippen LogP contribution < -0.4 is 4.74 Å². The number of para-hydroxylation sites is 2. The normalized spacial score (nSPS) is 11.8. The molecule has 0 aliphatic heterocycles. The molecular formula is C28H28ClN3O2. The highest BCUT2D eigenvalue weighted by Crippen LogP contribution is 2.33. The summed E-state index contributed by atoms with van der Waals surface area (Å²) in [6, 6.07) is 26.6. The molecule has 34 heavy (non-hydrogen) atoms. The molecule has 1 aromatic heterocycles. The molecule has 0 unspecified atom stereocenters. The number of benzene rings is 3. The number of hydrogen-bond donors (Lipinski definition) is 0. The molecule has 6 heteroatoms. The van der Waals surface area contributed by atoms with Gasteiger partial charge in [0.05, 0.1) is 34.1 Å². The van der Waals surface area contributed by atoms with Crippen molar-refractivity contribution >= 4 is 17.5 Å². The Balaban J connectivity index is 1.79. The lowest BCUT2D eigenvalue weighted by atomic mass is 10.1. The van der Waals surface area contributed by atoms with Crippen LogP contribution in [0.5, 0.6) is 11.6 Å². The molecule has 0 aliphatic carbocycles. The van der Waals surface area contributed by atoms with Gasteiger partial charge in [0, 0.05) is 6.04 Å². The lowest BCUT2D eigenvalue weighted by Crippen LogP contribution is -2.38. The van der Waals surface area contributed by atoms with E-state index in [1.165, 1.54) is 0 Å². The number of aryl methyl sites for hydroxylation is 1. The first-order valence-corrected chi connectivity index (χ1v) is 11.8. The van der Waals surface area contributed by atoms with Crippen LogP contribution in [0.25, 0.3) is 5.69 Å². The third-order valence-corrected chi connectivity index (χ3v) is 6.24. The van der Waals surface area contributed by atoms with Crippen LogP contribution in [-0.4, -0.2) is 26.6 Å². The van der Waals surface area contributed by atoms with E-state index in [4.69, 9.17) is 21.4 Å². The van der Waals surface area contributed by atoms with Gasteiger partial charge >= 0.3 is 0 Å². The summed E-state index contributed by atoms with van der Waals surface area (Å²) in [6.07, 6.45) is 0.803. The molecule has 5 nitrogen and oxygen atoms in total. The summed E-state index contributed by atoms with van der Waals surface area (Å²) in [5.74, 6) is 1.18. The number of carbonyl (C=O) groups excluding carboxylic acids is 1. The van der Waals surface area contributed by atoms with Crippen LogP contribution in [0.15, 0.2) is 84.9 Å². The molecule has 174 valence electrons. The fraction of sp³-hybridized carbons (Fsp3) is 0.214. The zero-order chi connectivity index (χ0) is 24.1. The molecule has 0 spiro atoms. The smallest absolute Gasteiger partial charge is 0.255 e. The summed E-state index contributed by atoms with van der Waals surface area (Å²) >= 11 is 6.38. The van der Waals surface area contributed by atoms with Gasteiger partial charge in [-0.25, -0.2) is 4.68 Å². The molecule has 0 bridgehead atoms. The van der Waals surface area contributed by atoms with Crippen molar-refractivity contribution in [1.82, 2.24) is 14.7 Å². The summed E-state index contributed by atoms with van der Waals surface area (Å²) < 4.78 is 8.17. The van der Waals surface area contributed by atoms with Crippen molar-refractivity contribution in [3.05, 3.63) is 107 Å². The fourth-order valence-electron chi connectivity index (χ4n) is 3.78. The lowest BCUT2D eigenvalue weighted by Gasteiger charge is -2.29. The van der Waals surface area contributed by atoms with Crippen LogP contribution in [0.1, 0.15) is 41.9 Å². The van der Waals surface area contributed by atoms with Crippen LogP contribution in [-0.2, 0) is 6.54 Å². The van der Waals surface area contributed by atoms with Crippen LogP contribution >= 0.6 is 11.6 Å². The minimum atomic E-state index is -0.113. The second-order valence-corrected chi connectivity index (χ2v) is 8.61. The molecule has 0 fully saturated rings. The molecule has 0 radical (unpaired) electrons. The van der Waals surface area contributed by atoms with Gasteiger partial charge < -0.3 is 9.64 Å². The maximum absolute atomic E-state index is 13.6. The molecule has 1 amide bonds. The Morgan fingerprint density at radius 2 is 1.62 bits per heavy atom. The Bertz CT molecular complexity index is 1260. The van der Waals surface area contributed by atoms with E-state index in [1.54, 1.807) is 16.8 Å². The minimum absolute atomic E-state index is 0.00665. The number of nitrogens with zero attached hydrogens (tertiary/aromatic N) is 3. The molecular weight excluding hydrogens is 446 g/mol. The average Bonchev–Trinajstić information content (AvgIpc) is 3.17. The molecule has 3 aromatic carbocycles. The molecule has 0 aliphatic rings. The highest BCUT2D eigenvalue weighted by molar-refractivity contribution is 6.33. The molecule has 0 N–H and O–H groups in total. The second kappa shape index (κ2) is 10.6. The van der Waals surface area contributed by atoms with E-state index < -0.39 is 0 Å². The molecule has 0 saturated heterocycles. The number of ether oxygens (including phenoxy) is 1. The maximum atomic E-state index is 13.6. The van der Waals surface area contributed by atoms with Gasteiger partial charge in [0.2, 0.25) is 5.88 Å². The van der Waals surface area contributed by atoms with Crippen molar-refractivity contribution in [3.8, 4) is 17.3 Å². The summed E-state index contributed by atoms with van der Waals surface area (Å²) in [4.78, 5) is 15.4. The predicted octanol–water partition coefficient (Wildman–Crippen LogP) is 7.07. The van der Waals surface area contributed by atoms with Crippen LogP contribution in [0.2, 0.25) is 5.02 Å². The Hall–Kier alpha value is -3.57. The van der Waals surface area contributed by atoms with Crippen molar-refractivity contribution in [2.75, 3.05) is 0 Å². The quantitative estimate of drug-likeness (QED) is 0.275. The second-order valence-electron chi connectivity index (χ2n) is 8.20. The monoisotopic (exact) mass is 473 g/mol. The van der Waals surface area contributed by atoms with Gasteiger partial charge in [-0.3, -0.25) is 4.79 Å². The highest BCUT2D eigenvalue weighted by atomic mass is 35.5. The van der Waals surface area contributed by atoms with E-state index in [0.29, 0.717) is 28.8 Å². The molecule has 1 heterocycles. The van der Waals surface area contributed by atoms with Crippen LogP contribution in [0.4, 0.5) is 0 Å². The molecule has 1 atom stereocenters. The van der Waals surface area contributed by atoms with Gasteiger partial charge in [0.15, 0.2) is 0 Å². The SMILES string of the molecule is CC[C@H](C)N(Cc1c(C)nn(-c2ccccc2)c1Oc1ccccc1)C(=O)c1ccccc1Cl. The number of halogens is 1. The van der Waals surface area contributed by atoms with E-state index in [9.17, 15) is 4.79 Å². The number of carbonyl (C=O) groups is 1. The largest absolute Gasteiger partial charge is 0.439 e. The lowest BCUT2D eigenvalue weighted by molar-refractivity contribution is 0.0670. The van der Waals surface area contributed by atoms with Gasteiger partial charge in [-0.2, -0.15) is 5.10 Å². The Morgan fingerprint density at radius 3 is 2.26 bits per heavy atom. The Kier molecular flexibility index (Phi) is 7.33. The standard InChI is InChI=1S/C28H28ClN3O2/c1-4-20(2)31(27(33)24-17-11-12-18-26(24)29)19-25-21(3)30-32(22-13-7-5-8-14-22)28(25)34-23-15-9-6-10-16-23/h5-18,20H,4,19H2,1-3H3/t20-/m0/s1. The number of aromatic nitrogens is 2. The van der Waals surface area contributed by atoms with Crippen molar-refractivity contribution in [2.24, 2.45) is 0 Å². The van der Waals surface area contributed by atoms with Gasteiger partial charge in [-0.1, -0.05) is 67.1 Å².